The van der Waals surface area contributed by atoms with Gasteiger partial charge in [-0.25, -0.2) is 0 Å². The van der Waals surface area contributed by atoms with Crippen molar-refractivity contribution in [2.45, 2.75) is 463 Å². The summed E-state index contributed by atoms with van der Waals surface area (Å²) >= 11 is 0. The quantitative estimate of drug-likeness (QED) is 0.0250. The van der Waals surface area contributed by atoms with E-state index in [-0.39, 0.29) is 95.5 Å². The molecule has 0 bridgehead atoms. The number of amides is 7. The summed E-state index contributed by atoms with van der Waals surface area (Å²) in [6, 6.07) is 16.4. The number of unbranched alkanes of at least 4 members (excludes halogenated alkanes) is 18. The second-order valence-electron chi connectivity index (χ2n) is 34.2. The Morgan fingerprint density at radius 3 is 1.25 bits per heavy atom. The van der Waals surface area contributed by atoms with E-state index >= 15 is 0 Å². The van der Waals surface area contributed by atoms with Gasteiger partial charge in [-0.15, -0.1) is 0 Å². The third-order valence-electron chi connectivity index (χ3n) is 19.8. The minimum absolute atomic E-state index is 0.123. The number of fused-ring (bicyclic) bond motifs is 1. The van der Waals surface area contributed by atoms with Crippen LogP contribution in [0.1, 0.15) is 420 Å². The van der Waals surface area contributed by atoms with Gasteiger partial charge in [-0.05, 0) is 222 Å². The molecule has 15 heteroatoms. The predicted molar refractivity (Wildman–Crippen MR) is 488 cm³/mol. The number of rotatable bonds is 51. The summed E-state index contributed by atoms with van der Waals surface area (Å²) < 4.78 is 0. The van der Waals surface area contributed by atoms with Gasteiger partial charge in [0.1, 0.15) is 0 Å². The van der Waals surface area contributed by atoms with E-state index in [0.29, 0.717) is 32.1 Å². The number of likely N-dealkylation sites (tertiary alicyclic amines) is 1. The topological polar surface area (TPSA) is 207 Å². The average Bonchev–Trinajstić information content (AvgIpc) is 0.831. The van der Waals surface area contributed by atoms with Crippen LogP contribution in [0.5, 0.6) is 0 Å². The number of hydrogen-bond donors (Lipinski definition) is 7. The van der Waals surface area contributed by atoms with Gasteiger partial charge in [0.2, 0.25) is 41.4 Å². The largest absolute Gasteiger partial charge is 0.354 e. The van der Waals surface area contributed by atoms with Crippen molar-refractivity contribution in [2.75, 3.05) is 19.6 Å². The molecule has 656 valence electrons. The Morgan fingerprint density at radius 2 is 0.761 bits per heavy atom. The monoisotopic (exact) mass is 1580 g/mol. The van der Waals surface area contributed by atoms with E-state index in [9.17, 15) is 33.6 Å². The summed E-state index contributed by atoms with van der Waals surface area (Å²) in [5.74, 6) is 2.80. The molecule has 7 N–H and O–H groups in total. The number of benzene rings is 2. The number of piperidine rings is 1. The molecule has 2 aliphatic rings. The van der Waals surface area contributed by atoms with Gasteiger partial charge < -0.3 is 42.1 Å². The number of allylic oxidation sites excluding steroid dienone is 4. The minimum Gasteiger partial charge on any atom is -0.354 e. The first-order valence-corrected chi connectivity index (χ1v) is 46.7. The molecular weight excluding hydrogens is 1400 g/mol. The second kappa shape index (κ2) is 78.9. The molecule has 113 heavy (non-hydrogen) atoms. The van der Waals surface area contributed by atoms with Crippen LogP contribution in [0, 0.1) is 17.8 Å². The highest BCUT2D eigenvalue weighted by molar-refractivity contribution is 5.86. The van der Waals surface area contributed by atoms with Crippen LogP contribution in [0.15, 0.2) is 66.8 Å². The van der Waals surface area contributed by atoms with Crippen molar-refractivity contribution < 1.29 is 33.6 Å². The maximum absolute atomic E-state index is 12.3. The molecule has 2 aromatic rings. The second-order valence-corrected chi connectivity index (χ2v) is 34.2. The summed E-state index contributed by atoms with van der Waals surface area (Å²) in [4.78, 5) is 82.6. The first kappa shape index (κ1) is 112. The van der Waals surface area contributed by atoms with Gasteiger partial charge in [-0.3, -0.25) is 33.6 Å². The van der Waals surface area contributed by atoms with Crippen LogP contribution in [0.2, 0.25) is 0 Å². The highest BCUT2D eigenvalue weighted by Crippen LogP contribution is 2.28. The predicted octanol–water partition coefficient (Wildman–Crippen LogP) is 24.2. The van der Waals surface area contributed by atoms with Gasteiger partial charge in [0.15, 0.2) is 0 Å². The summed E-state index contributed by atoms with van der Waals surface area (Å²) in [5.41, 5.74) is 1.24. The Kier molecular flexibility index (Phi) is 77.9. The zero-order chi connectivity index (χ0) is 85.1. The van der Waals surface area contributed by atoms with E-state index in [2.05, 4.69) is 145 Å². The third-order valence-corrected chi connectivity index (χ3v) is 19.8. The summed E-state index contributed by atoms with van der Waals surface area (Å²) in [6.45, 7) is 44.1. The lowest BCUT2D eigenvalue weighted by molar-refractivity contribution is -0.126. The number of carbonyl (C=O) groups excluding carboxylic acids is 7. The number of nitrogens with one attached hydrogen (secondary N) is 7. The van der Waals surface area contributed by atoms with Gasteiger partial charge in [-0.1, -0.05) is 269 Å². The molecule has 2 atom stereocenters. The lowest BCUT2D eigenvalue weighted by Gasteiger charge is -2.26. The van der Waals surface area contributed by atoms with Gasteiger partial charge >= 0.3 is 0 Å². The van der Waals surface area contributed by atoms with Crippen LogP contribution in [0.25, 0.3) is 10.8 Å². The molecule has 2 aromatic carbocycles. The molecule has 0 radical (unpaired) electrons. The fourth-order valence-electron chi connectivity index (χ4n) is 13.7. The molecule has 0 aromatic heterocycles. The van der Waals surface area contributed by atoms with E-state index in [1.807, 2.05) is 102 Å². The highest BCUT2D eigenvalue weighted by atomic mass is 16.2. The first-order valence-electron chi connectivity index (χ1n) is 46.7. The molecule has 15 nitrogen and oxygen atoms in total. The Bertz CT molecular complexity index is 2630. The highest BCUT2D eigenvalue weighted by Gasteiger charge is 2.20. The van der Waals surface area contributed by atoms with Gasteiger partial charge in [0.05, 0.1) is 0 Å². The van der Waals surface area contributed by atoms with Crippen molar-refractivity contribution in [1.29, 1.82) is 0 Å². The molecule has 7 amide bonds. The van der Waals surface area contributed by atoms with E-state index < -0.39 is 0 Å². The minimum atomic E-state index is 0.123. The number of aryl methyl sites for hydroxylation is 1. The van der Waals surface area contributed by atoms with Crippen molar-refractivity contribution in [1.82, 2.24) is 42.1 Å². The van der Waals surface area contributed by atoms with Crippen molar-refractivity contribution in [3.63, 3.8) is 0 Å². The lowest BCUT2D eigenvalue weighted by Crippen LogP contribution is -2.36. The number of nitrogens with zero attached hydrogens (tertiary/aromatic N) is 1. The Morgan fingerprint density at radius 1 is 0.372 bits per heavy atom. The molecule has 0 spiro atoms. The van der Waals surface area contributed by atoms with Crippen LogP contribution in [0.4, 0.5) is 0 Å². The Labute approximate surface area is 697 Å². The zero-order valence-corrected chi connectivity index (χ0v) is 77.2. The van der Waals surface area contributed by atoms with Crippen molar-refractivity contribution >= 4 is 52.1 Å². The molecule has 4 rings (SSSR count). The average molecular weight is 1580 g/mol. The molecule has 2 fully saturated rings. The molecule has 1 saturated heterocycles. The smallest absolute Gasteiger partial charge is 0.223 e. The van der Waals surface area contributed by atoms with Gasteiger partial charge in [0, 0.05) is 92.8 Å². The molecule has 2 unspecified atom stereocenters. The van der Waals surface area contributed by atoms with Crippen molar-refractivity contribution in [2.24, 2.45) is 17.8 Å². The molecule has 1 aliphatic carbocycles. The van der Waals surface area contributed by atoms with E-state index in [1.54, 1.807) is 0 Å². The Hall–Kier alpha value is -5.57. The van der Waals surface area contributed by atoms with Crippen molar-refractivity contribution in [3.05, 3.63) is 72.3 Å². The fraction of sp³-hybridized carbons (Fsp3) is 0.786. The van der Waals surface area contributed by atoms with Crippen LogP contribution < -0.4 is 37.2 Å². The van der Waals surface area contributed by atoms with Crippen molar-refractivity contribution in [3.8, 4) is 0 Å². The van der Waals surface area contributed by atoms with Gasteiger partial charge in [0.25, 0.3) is 0 Å². The molecular formula is C98H182N8O7. The summed E-state index contributed by atoms with van der Waals surface area (Å²) in [6.07, 6.45) is 60.8. The van der Waals surface area contributed by atoms with E-state index in [1.165, 1.54) is 222 Å². The van der Waals surface area contributed by atoms with Crippen LogP contribution >= 0.6 is 0 Å². The first-order chi connectivity index (χ1) is 54.1. The van der Waals surface area contributed by atoms with Crippen LogP contribution in [0.3, 0.4) is 0 Å². The van der Waals surface area contributed by atoms with E-state index in [0.717, 1.165) is 70.3 Å². The van der Waals surface area contributed by atoms with E-state index in [4.69, 9.17) is 0 Å². The molecule has 1 saturated carbocycles. The van der Waals surface area contributed by atoms with Crippen LogP contribution in [-0.4, -0.2) is 108 Å². The SMILES string of the molecule is CC(C)NC(=O)CCCCC1CCCCC1.CC(C)NC(=O)CCN1CCCCC1.CC(C)NC(=O)CCc1cccc2ccccc12.CCC(=O)NC(C)C.CCCCC(CC)C(=O)NC(C)C.CCCCC/C=C\C/C=C\CCCCCCCC(=O)NC(C)C.CCCCCCCCC(CCCCCC)C(=O)NC(C)C. The number of hydrogen-bond acceptors (Lipinski definition) is 8. The summed E-state index contributed by atoms with van der Waals surface area (Å²) in [7, 11) is 0. The Balaban J connectivity index is -0.00000127. The lowest BCUT2D eigenvalue weighted by atomic mass is 9.85. The molecule has 1 heterocycles. The maximum atomic E-state index is 12.3. The van der Waals surface area contributed by atoms with Crippen LogP contribution in [-0.2, 0) is 40.0 Å². The zero-order valence-electron chi connectivity index (χ0n) is 77.2. The number of carbonyl (C=O) groups is 7. The molecule has 1 aliphatic heterocycles. The maximum Gasteiger partial charge on any atom is 0.223 e. The fourth-order valence-corrected chi connectivity index (χ4v) is 13.7. The normalized spacial score (nSPS) is 13.4. The third kappa shape index (κ3) is 76.2. The standard InChI is InChI=1S/C21H39NO.C19H39NO.C16H19NO.C14H27NO.C11H22N2O.C11H23NO.C6H13NO/c1-4-5-6-7-8-9-10-11-12-13-14-15-16-17-18-19-21(23)22-20(2)3;1-5-7-9-11-12-14-16-18(15-13-10-8-6-2)19(21)20-17(3)4;1-12(2)17-16(18)11-10-14-8-5-7-13-6-3-4-9-15(13)14;1-12(2)15-14(16)11-7-6-10-13-8-4-3-5-9-13;1-10(2)12-11(14)6-9-13-7-4-3-5-8-13;1-5-7-8-10(6-2)11(13)12-9(3)4;1-4-6(8)7-5(2)3/h8-9,11-12,20H,4-7,10,13-19H2,1-3H3,(H,22,23);17-18H,5-16H2,1-4H3,(H,20,21);3-9,12H,10-11H2,1-2H3,(H,17,18);12-13H,3-11H2,1-2H3,(H,15,16);10H,3-9H2,1-2H3,(H,12,14);9-10H,5-8H2,1-4H3,(H,12,13);5H,4H2,1-3H3,(H,7,8)/b9-8-,12-11-;;;;;;. The summed E-state index contributed by atoms with van der Waals surface area (Å²) in [5, 5.41) is 23.0. The van der Waals surface area contributed by atoms with Gasteiger partial charge in [-0.2, -0.15) is 0 Å².